The molecule has 130 valence electrons. The monoisotopic (exact) mass is 345 g/mol. The van der Waals surface area contributed by atoms with Gasteiger partial charge in [-0.1, -0.05) is 26.2 Å². The van der Waals surface area contributed by atoms with Crippen LogP contribution in [-0.4, -0.2) is 16.0 Å². The molecule has 0 saturated heterocycles. The Morgan fingerprint density at radius 1 is 1.25 bits per heavy atom. The largest absolute Gasteiger partial charge is 0.309 e. The van der Waals surface area contributed by atoms with Gasteiger partial charge in [-0.05, 0) is 50.5 Å². The molecule has 0 unspecified atom stereocenters. The van der Waals surface area contributed by atoms with Crippen molar-refractivity contribution < 1.29 is 0 Å². The van der Waals surface area contributed by atoms with E-state index >= 15 is 0 Å². The fourth-order valence-electron chi connectivity index (χ4n) is 4.27. The van der Waals surface area contributed by atoms with Gasteiger partial charge in [-0.15, -0.1) is 11.3 Å². The molecule has 1 saturated carbocycles. The standard InChI is InChI=1S/C19H27N3OS/c1-11-8-9-14-15(10-11)24-19-16(14)18(23)21-17(22-19)12(2)20-13-6-4-3-5-7-13/h11-13,20H,3-10H2,1-2H3,(H,21,22,23)/t11-,12-/m0/s1. The molecule has 2 aromatic heterocycles. The fraction of sp³-hybridized carbons (Fsp3) is 0.684. The highest BCUT2D eigenvalue weighted by molar-refractivity contribution is 7.18. The van der Waals surface area contributed by atoms with Crippen LogP contribution in [0.3, 0.4) is 0 Å². The topological polar surface area (TPSA) is 57.8 Å². The van der Waals surface area contributed by atoms with Crippen molar-refractivity contribution in [1.29, 1.82) is 0 Å². The van der Waals surface area contributed by atoms with Crippen molar-refractivity contribution >= 4 is 21.6 Å². The van der Waals surface area contributed by atoms with E-state index in [0.717, 1.165) is 34.8 Å². The molecule has 4 nitrogen and oxygen atoms in total. The molecule has 0 amide bonds. The maximum absolute atomic E-state index is 12.7. The highest BCUT2D eigenvalue weighted by atomic mass is 32.1. The summed E-state index contributed by atoms with van der Waals surface area (Å²) < 4.78 is 0. The summed E-state index contributed by atoms with van der Waals surface area (Å²) in [6.45, 7) is 4.42. The van der Waals surface area contributed by atoms with Crippen molar-refractivity contribution in [2.24, 2.45) is 5.92 Å². The SMILES string of the molecule is C[C@H]1CCc2c(sc3nc([C@H](C)NC4CCCCC4)[nH]c(=O)c23)C1. The number of nitrogens with one attached hydrogen (secondary N) is 2. The highest BCUT2D eigenvalue weighted by Gasteiger charge is 2.24. The molecule has 0 aromatic carbocycles. The third-order valence-electron chi connectivity index (χ3n) is 5.68. The van der Waals surface area contributed by atoms with Crippen LogP contribution in [0.15, 0.2) is 4.79 Å². The molecule has 1 fully saturated rings. The Balaban J connectivity index is 1.64. The zero-order valence-corrected chi connectivity index (χ0v) is 15.5. The lowest BCUT2D eigenvalue weighted by molar-refractivity contribution is 0.342. The van der Waals surface area contributed by atoms with Crippen LogP contribution in [0.4, 0.5) is 0 Å². The van der Waals surface area contributed by atoms with E-state index in [1.54, 1.807) is 11.3 Å². The summed E-state index contributed by atoms with van der Waals surface area (Å²) in [7, 11) is 0. The molecule has 2 N–H and O–H groups in total. The van der Waals surface area contributed by atoms with Gasteiger partial charge in [0, 0.05) is 10.9 Å². The van der Waals surface area contributed by atoms with Gasteiger partial charge in [-0.2, -0.15) is 0 Å². The number of hydrogen-bond donors (Lipinski definition) is 2. The van der Waals surface area contributed by atoms with Crippen LogP contribution >= 0.6 is 11.3 Å². The van der Waals surface area contributed by atoms with Crippen molar-refractivity contribution in [3.63, 3.8) is 0 Å². The van der Waals surface area contributed by atoms with E-state index in [4.69, 9.17) is 4.98 Å². The van der Waals surface area contributed by atoms with Crippen LogP contribution in [0.5, 0.6) is 0 Å². The van der Waals surface area contributed by atoms with Crippen LogP contribution in [-0.2, 0) is 12.8 Å². The summed E-state index contributed by atoms with van der Waals surface area (Å²) in [6, 6.07) is 0.662. The van der Waals surface area contributed by atoms with Crippen molar-refractivity contribution in [1.82, 2.24) is 15.3 Å². The van der Waals surface area contributed by atoms with Gasteiger partial charge in [-0.25, -0.2) is 4.98 Å². The summed E-state index contributed by atoms with van der Waals surface area (Å²) in [6.07, 6.45) is 9.75. The van der Waals surface area contributed by atoms with Crippen molar-refractivity contribution in [2.75, 3.05) is 0 Å². The van der Waals surface area contributed by atoms with Gasteiger partial charge >= 0.3 is 0 Å². The van der Waals surface area contributed by atoms with E-state index in [1.165, 1.54) is 49.0 Å². The molecule has 2 aliphatic carbocycles. The number of aryl methyl sites for hydroxylation is 1. The first-order chi connectivity index (χ1) is 11.6. The van der Waals surface area contributed by atoms with Crippen molar-refractivity contribution in [3.05, 3.63) is 26.6 Å². The average Bonchev–Trinajstić information content (AvgIpc) is 2.93. The molecule has 2 heterocycles. The molecule has 2 aromatic rings. The molecular weight excluding hydrogens is 318 g/mol. The number of nitrogens with zero attached hydrogens (tertiary/aromatic N) is 1. The van der Waals surface area contributed by atoms with Gasteiger partial charge in [0.1, 0.15) is 10.7 Å². The number of H-pyrrole nitrogens is 1. The Labute approximate surface area is 147 Å². The van der Waals surface area contributed by atoms with Gasteiger partial charge < -0.3 is 10.3 Å². The van der Waals surface area contributed by atoms with Crippen LogP contribution in [0.25, 0.3) is 10.2 Å². The third kappa shape index (κ3) is 3.04. The zero-order chi connectivity index (χ0) is 16.7. The first-order valence-corrected chi connectivity index (χ1v) is 10.2. The Hall–Kier alpha value is -1.20. The summed E-state index contributed by atoms with van der Waals surface area (Å²) >= 11 is 1.74. The Bertz CT molecular complexity index is 788. The number of aromatic nitrogens is 2. The minimum Gasteiger partial charge on any atom is -0.309 e. The summed E-state index contributed by atoms with van der Waals surface area (Å²) in [5.41, 5.74) is 1.32. The van der Waals surface area contributed by atoms with Crippen LogP contribution < -0.4 is 10.9 Å². The second-order valence-electron chi connectivity index (χ2n) is 7.71. The van der Waals surface area contributed by atoms with E-state index in [2.05, 4.69) is 24.1 Å². The van der Waals surface area contributed by atoms with Crippen LogP contribution in [0, 0.1) is 5.92 Å². The number of hydrogen-bond acceptors (Lipinski definition) is 4. The van der Waals surface area contributed by atoms with E-state index in [1.807, 2.05) is 0 Å². The second kappa shape index (κ2) is 6.60. The minimum atomic E-state index is 0.0550. The Morgan fingerprint density at radius 2 is 2.04 bits per heavy atom. The van der Waals surface area contributed by atoms with Gasteiger partial charge in [0.05, 0.1) is 11.4 Å². The van der Waals surface area contributed by atoms with E-state index in [-0.39, 0.29) is 11.6 Å². The Kier molecular flexibility index (Phi) is 4.48. The van der Waals surface area contributed by atoms with Gasteiger partial charge in [0.25, 0.3) is 5.56 Å². The smallest absolute Gasteiger partial charge is 0.259 e. The number of fused-ring (bicyclic) bond motifs is 3. The number of rotatable bonds is 3. The molecule has 2 atom stereocenters. The first-order valence-electron chi connectivity index (χ1n) is 9.42. The van der Waals surface area contributed by atoms with Crippen molar-refractivity contribution in [2.45, 2.75) is 77.3 Å². The van der Waals surface area contributed by atoms with Crippen LogP contribution in [0.2, 0.25) is 0 Å². The summed E-state index contributed by atoms with van der Waals surface area (Å²) in [5, 5.41) is 4.52. The fourth-order valence-corrected chi connectivity index (χ4v) is 5.66. The first kappa shape index (κ1) is 16.3. The summed E-state index contributed by atoms with van der Waals surface area (Å²) in [4.78, 5) is 22.9. The third-order valence-corrected chi connectivity index (χ3v) is 6.83. The minimum absolute atomic E-state index is 0.0550. The molecule has 0 bridgehead atoms. The summed E-state index contributed by atoms with van der Waals surface area (Å²) in [5.74, 6) is 1.51. The molecule has 0 aliphatic heterocycles. The zero-order valence-electron chi connectivity index (χ0n) is 14.7. The average molecular weight is 346 g/mol. The lowest BCUT2D eigenvalue weighted by Crippen LogP contribution is -2.34. The highest BCUT2D eigenvalue weighted by Crippen LogP contribution is 2.35. The molecule has 4 rings (SSSR count). The number of thiophene rings is 1. The predicted octanol–water partition coefficient (Wildman–Crippen LogP) is 4.09. The van der Waals surface area contributed by atoms with E-state index in [0.29, 0.717) is 6.04 Å². The van der Waals surface area contributed by atoms with Gasteiger partial charge in [0.15, 0.2) is 0 Å². The molecule has 24 heavy (non-hydrogen) atoms. The van der Waals surface area contributed by atoms with Gasteiger partial charge in [-0.3, -0.25) is 4.79 Å². The quantitative estimate of drug-likeness (QED) is 0.881. The maximum atomic E-state index is 12.7. The van der Waals surface area contributed by atoms with Crippen LogP contribution in [0.1, 0.15) is 74.7 Å². The molecule has 5 heteroatoms. The van der Waals surface area contributed by atoms with Crippen molar-refractivity contribution in [3.8, 4) is 0 Å². The lowest BCUT2D eigenvalue weighted by Gasteiger charge is -2.26. The molecule has 2 aliphatic rings. The normalized spacial score (nSPS) is 23.3. The lowest BCUT2D eigenvalue weighted by atomic mass is 9.89. The predicted molar refractivity (Wildman–Crippen MR) is 99.9 cm³/mol. The number of aromatic amines is 1. The van der Waals surface area contributed by atoms with Gasteiger partial charge in [0.2, 0.25) is 0 Å². The van der Waals surface area contributed by atoms with E-state index < -0.39 is 0 Å². The second-order valence-corrected chi connectivity index (χ2v) is 8.79. The Morgan fingerprint density at radius 3 is 2.83 bits per heavy atom. The van der Waals surface area contributed by atoms with E-state index in [9.17, 15) is 4.79 Å². The molecular formula is C19H27N3OS. The molecule has 0 spiro atoms. The molecule has 0 radical (unpaired) electrons. The maximum Gasteiger partial charge on any atom is 0.259 e.